The number of hydroxylamine groups is 2. The molecule has 1 rings (SSSR count). The normalized spacial score (nSPS) is 24.9. The van der Waals surface area contributed by atoms with Gasteiger partial charge in [-0.2, -0.15) is 5.06 Å². The van der Waals surface area contributed by atoms with Crippen LogP contribution < -0.4 is 0 Å². The molecule has 0 aromatic carbocycles. The minimum Gasteiger partial charge on any atom is -0.480 e. The first-order chi connectivity index (χ1) is 6.40. The molecule has 82 valence electrons. The fourth-order valence-corrected chi connectivity index (χ4v) is 1.61. The van der Waals surface area contributed by atoms with Gasteiger partial charge in [0, 0.05) is 6.54 Å². The van der Waals surface area contributed by atoms with Crippen LogP contribution in [0.25, 0.3) is 0 Å². The van der Waals surface area contributed by atoms with E-state index in [1.54, 1.807) is 5.06 Å². The highest BCUT2D eigenvalue weighted by Crippen LogP contribution is 2.21. The van der Waals surface area contributed by atoms with E-state index in [-0.39, 0.29) is 5.60 Å². The molecule has 1 aliphatic rings. The number of carbonyl (C=O) groups is 1. The van der Waals surface area contributed by atoms with E-state index in [0.717, 1.165) is 12.8 Å². The standard InChI is InChI=1S/C10H19NO3/c1-10(2,3)14-11-7-5-4-6-8(11)9(12)13/h8H,4-7H2,1-3H3,(H,12,13). The van der Waals surface area contributed by atoms with Gasteiger partial charge in [0.25, 0.3) is 0 Å². The Balaban J connectivity index is 2.59. The molecule has 1 heterocycles. The van der Waals surface area contributed by atoms with Crippen LogP contribution in [-0.2, 0) is 9.63 Å². The van der Waals surface area contributed by atoms with Crippen molar-refractivity contribution >= 4 is 5.97 Å². The summed E-state index contributed by atoms with van der Waals surface area (Å²) in [7, 11) is 0. The van der Waals surface area contributed by atoms with Gasteiger partial charge in [-0.05, 0) is 40.0 Å². The van der Waals surface area contributed by atoms with Crippen LogP contribution in [0.5, 0.6) is 0 Å². The van der Waals surface area contributed by atoms with E-state index < -0.39 is 12.0 Å². The molecule has 0 aromatic heterocycles. The largest absolute Gasteiger partial charge is 0.480 e. The monoisotopic (exact) mass is 201 g/mol. The molecule has 4 nitrogen and oxygen atoms in total. The summed E-state index contributed by atoms with van der Waals surface area (Å²) in [4.78, 5) is 16.5. The number of carboxylic acid groups (broad SMARTS) is 1. The van der Waals surface area contributed by atoms with Gasteiger partial charge in [0.15, 0.2) is 0 Å². The lowest BCUT2D eigenvalue weighted by Gasteiger charge is -2.36. The zero-order valence-corrected chi connectivity index (χ0v) is 9.12. The second kappa shape index (κ2) is 4.28. The Hall–Kier alpha value is -0.610. The first kappa shape index (κ1) is 11.5. The molecule has 0 saturated carbocycles. The summed E-state index contributed by atoms with van der Waals surface area (Å²) >= 11 is 0. The number of piperidine rings is 1. The zero-order chi connectivity index (χ0) is 10.8. The quantitative estimate of drug-likeness (QED) is 0.738. The van der Waals surface area contributed by atoms with Crippen LogP contribution in [-0.4, -0.2) is 34.3 Å². The number of nitrogens with zero attached hydrogens (tertiary/aromatic N) is 1. The molecule has 0 spiro atoms. The molecular weight excluding hydrogens is 182 g/mol. The highest BCUT2D eigenvalue weighted by Gasteiger charge is 2.31. The minimum atomic E-state index is -0.783. The molecular formula is C10H19NO3. The summed E-state index contributed by atoms with van der Waals surface area (Å²) < 4.78 is 0. The molecule has 1 unspecified atom stereocenters. The van der Waals surface area contributed by atoms with E-state index in [0.29, 0.717) is 13.0 Å². The summed E-state index contributed by atoms with van der Waals surface area (Å²) in [6, 6.07) is -0.469. The van der Waals surface area contributed by atoms with Crippen LogP contribution in [0.15, 0.2) is 0 Å². The third-order valence-electron chi connectivity index (χ3n) is 2.13. The maximum atomic E-state index is 10.9. The number of hydrogen-bond donors (Lipinski definition) is 1. The van der Waals surface area contributed by atoms with Gasteiger partial charge in [0.05, 0.1) is 5.60 Å². The Bertz CT molecular complexity index is 210. The van der Waals surface area contributed by atoms with E-state index in [2.05, 4.69) is 0 Å². The Kier molecular flexibility index (Phi) is 3.50. The van der Waals surface area contributed by atoms with Crippen molar-refractivity contribution in [2.24, 2.45) is 0 Å². The van der Waals surface area contributed by atoms with Crippen LogP contribution in [0.3, 0.4) is 0 Å². The predicted octanol–water partition coefficient (Wildman–Crippen LogP) is 1.66. The first-order valence-corrected chi connectivity index (χ1v) is 5.09. The maximum Gasteiger partial charge on any atom is 0.323 e. The molecule has 1 N–H and O–H groups in total. The van der Waals surface area contributed by atoms with Gasteiger partial charge in [-0.3, -0.25) is 9.63 Å². The smallest absolute Gasteiger partial charge is 0.323 e. The molecule has 1 saturated heterocycles. The van der Waals surface area contributed by atoms with Gasteiger partial charge in [0.2, 0.25) is 0 Å². The highest BCUT2D eigenvalue weighted by atomic mass is 16.7. The van der Waals surface area contributed by atoms with Crippen LogP contribution in [0.4, 0.5) is 0 Å². The van der Waals surface area contributed by atoms with Crippen LogP contribution in [0.1, 0.15) is 40.0 Å². The van der Waals surface area contributed by atoms with Crippen LogP contribution in [0, 0.1) is 0 Å². The van der Waals surface area contributed by atoms with Gasteiger partial charge in [0.1, 0.15) is 6.04 Å². The Labute approximate surface area is 84.8 Å². The molecule has 0 amide bonds. The summed E-state index contributed by atoms with van der Waals surface area (Å²) in [5.74, 6) is -0.783. The third-order valence-corrected chi connectivity index (χ3v) is 2.13. The zero-order valence-electron chi connectivity index (χ0n) is 9.12. The molecule has 0 aromatic rings. The van der Waals surface area contributed by atoms with Crippen molar-refractivity contribution in [1.82, 2.24) is 5.06 Å². The van der Waals surface area contributed by atoms with Gasteiger partial charge in [-0.25, -0.2) is 0 Å². The van der Waals surface area contributed by atoms with Crippen molar-refractivity contribution in [3.05, 3.63) is 0 Å². The fraction of sp³-hybridized carbons (Fsp3) is 0.900. The number of hydrogen-bond acceptors (Lipinski definition) is 3. The first-order valence-electron chi connectivity index (χ1n) is 5.09. The average Bonchev–Trinajstić information content (AvgIpc) is 2.01. The molecule has 4 heteroatoms. The van der Waals surface area contributed by atoms with Gasteiger partial charge >= 0.3 is 5.97 Å². The van der Waals surface area contributed by atoms with Gasteiger partial charge in [-0.1, -0.05) is 0 Å². The Morgan fingerprint density at radius 3 is 2.57 bits per heavy atom. The molecule has 0 radical (unpaired) electrons. The molecule has 1 aliphatic heterocycles. The van der Waals surface area contributed by atoms with Crippen molar-refractivity contribution < 1.29 is 14.7 Å². The topological polar surface area (TPSA) is 49.8 Å². The van der Waals surface area contributed by atoms with Crippen molar-refractivity contribution in [2.75, 3.05) is 6.54 Å². The highest BCUT2D eigenvalue weighted by molar-refractivity contribution is 5.73. The summed E-state index contributed by atoms with van der Waals surface area (Å²) in [5.41, 5.74) is -0.314. The fourth-order valence-electron chi connectivity index (χ4n) is 1.61. The molecule has 0 bridgehead atoms. The molecule has 1 fully saturated rings. The predicted molar refractivity (Wildman–Crippen MR) is 52.8 cm³/mol. The van der Waals surface area contributed by atoms with E-state index in [1.165, 1.54) is 0 Å². The van der Waals surface area contributed by atoms with Crippen molar-refractivity contribution in [3.63, 3.8) is 0 Å². The molecule has 14 heavy (non-hydrogen) atoms. The molecule has 0 aliphatic carbocycles. The lowest BCUT2D eigenvalue weighted by molar-refractivity contribution is -0.257. The lowest BCUT2D eigenvalue weighted by Crippen LogP contribution is -2.47. The summed E-state index contributed by atoms with van der Waals surface area (Å²) in [6.45, 7) is 6.51. The summed E-state index contributed by atoms with van der Waals surface area (Å²) in [5, 5.41) is 10.6. The van der Waals surface area contributed by atoms with Crippen molar-refractivity contribution in [2.45, 2.75) is 51.7 Å². The van der Waals surface area contributed by atoms with E-state index >= 15 is 0 Å². The lowest BCUT2D eigenvalue weighted by atomic mass is 10.0. The summed E-state index contributed by atoms with van der Waals surface area (Å²) in [6.07, 6.45) is 2.67. The van der Waals surface area contributed by atoms with E-state index in [9.17, 15) is 4.79 Å². The second-order valence-corrected chi connectivity index (χ2v) is 4.69. The van der Waals surface area contributed by atoms with Crippen LogP contribution >= 0.6 is 0 Å². The molecule has 1 atom stereocenters. The van der Waals surface area contributed by atoms with Crippen LogP contribution in [0.2, 0.25) is 0 Å². The Morgan fingerprint density at radius 1 is 1.43 bits per heavy atom. The second-order valence-electron chi connectivity index (χ2n) is 4.69. The number of rotatable bonds is 2. The SMILES string of the molecule is CC(C)(C)ON1CCCCC1C(=O)O. The van der Waals surface area contributed by atoms with E-state index in [4.69, 9.17) is 9.94 Å². The van der Waals surface area contributed by atoms with Crippen molar-refractivity contribution in [1.29, 1.82) is 0 Å². The number of aliphatic carboxylic acids is 1. The Morgan fingerprint density at radius 2 is 2.07 bits per heavy atom. The number of carboxylic acids is 1. The average molecular weight is 201 g/mol. The minimum absolute atomic E-state index is 0.314. The third kappa shape index (κ3) is 3.27. The van der Waals surface area contributed by atoms with E-state index in [1.807, 2.05) is 20.8 Å². The maximum absolute atomic E-state index is 10.9. The van der Waals surface area contributed by atoms with Gasteiger partial charge in [-0.15, -0.1) is 0 Å². The van der Waals surface area contributed by atoms with Gasteiger partial charge < -0.3 is 5.11 Å². The van der Waals surface area contributed by atoms with Crippen molar-refractivity contribution in [3.8, 4) is 0 Å².